The number of benzene rings is 10. The molecule has 0 unspecified atom stereocenters. The fraction of sp³-hybridized carbons (Fsp3) is 0. The average molecular weight is 898 g/mol. The summed E-state index contributed by atoms with van der Waals surface area (Å²) in [5, 5.41) is 4.38. The van der Waals surface area contributed by atoms with Crippen LogP contribution in [0, 0.1) is 0 Å². The average Bonchev–Trinajstić information content (AvgIpc) is 3.95. The van der Waals surface area contributed by atoms with Gasteiger partial charge in [-0.3, -0.25) is 9.13 Å². The minimum atomic E-state index is 0.524. The number of hydrogen-bond acceptors (Lipinski definition) is 5. The molecule has 0 bridgehead atoms. The molecule has 330 valence electrons. The van der Waals surface area contributed by atoms with Crippen LogP contribution in [-0.2, 0) is 0 Å². The minimum Gasteiger partial charge on any atom is -0.310 e. The summed E-state index contributed by atoms with van der Waals surface area (Å²) in [5.41, 5.74) is 13.5. The van der Waals surface area contributed by atoms with Gasteiger partial charge in [0.2, 0.25) is 11.9 Å². The van der Waals surface area contributed by atoms with Crippen molar-refractivity contribution in [1.82, 2.24) is 24.1 Å². The lowest BCUT2D eigenvalue weighted by atomic mass is 10.0. The first-order valence-electron chi connectivity index (χ1n) is 23.5. The third-order valence-corrected chi connectivity index (χ3v) is 13.1. The molecule has 3 aromatic heterocycles. The number of anilines is 6. The second kappa shape index (κ2) is 17.2. The first-order chi connectivity index (χ1) is 34.7. The van der Waals surface area contributed by atoms with Crippen molar-refractivity contribution < 1.29 is 0 Å². The van der Waals surface area contributed by atoms with E-state index in [1.807, 2.05) is 6.07 Å². The zero-order chi connectivity index (χ0) is 46.4. The maximum atomic E-state index is 5.50. The molecule has 0 aliphatic rings. The molecule has 0 atom stereocenters. The van der Waals surface area contributed by atoms with Gasteiger partial charge in [-0.15, -0.1) is 0 Å². The first-order valence-corrected chi connectivity index (χ1v) is 23.5. The topological polar surface area (TPSA) is 55.0 Å². The van der Waals surface area contributed by atoms with Gasteiger partial charge in [0, 0.05) is 61.2 Å². The SMILES string of the molecule is c1ccc(-c2ccc(-c3nc(-n4c5ccccc5c5cc(N(c6ccccc6)c6ccccc6)ccc54)nc(-n4c5ccccc5c5cc(N(c6ccccc6)c6ccccc6)ccc54)n3)cc2)cc1. The van der Waals surface area contributed by atoms with Crippen molar-refractivity contribution in [2.75, 3.05) is 9.80 Å². The largest absolute Gasteiger partial charge is 0.310 e. The first kappa shape index (κ1) is 40.7. The van der Waals surface area contributed by atoms with E-state index in [9.17, 15) is 0 Å². The van der Waals surface area contributed by atoms with Crippen LogP contribution in [0.1, 0.15) is 0 Å². The van der Waals surface area contributed by atoms with Crippen LogP contribution in [0.4, 0.5) is 34.1 Å². The molecule has 70 heavy (non-hydrogen) atoms. The van der Waals surface area contributed by atoms with Gasteiger partial charge in [-0.05, 0) is 108 Å². The van der Waals surface area contributed by atoms with Crippen molar-refractivity contribution in [2.45, 2.75) is 0 Å². The highest BCUT2D eigenvalue weighted by Crippen LogP contribution is 2.42. The van der Waals surface area contributed by atoms with E-state index in [2.05, 4.69) is 274 Å². The number of rotatable bonds is 10. The fourth-order valence-corrected chi connectivity index (χ4v) is 9.96. The monoisotopic (exact) mass is 897 g/mol. The van der Waals surface area contributed by atoms with Crippen LogP contribution in [0.2, 0.25) is 0 Å². The summed E-state index contributed by atoms with van der Waals surface area (Å²) in [6.07, 6.45) is 0. The summed E-state index contributed by atoms with van der Waals surface area (Å²) in [5.74, 6) is 1.62. The Morgan fingerprint density at radius 2 is 0.571 bits per heavy atom. The van der Waals surface area contributed by atoms with Crippen molar-refractivity contribution >= 4 is 77.7 Å². The molecule has 10 aromatic carbocycles. The van der Waals surface area contributed by atoms with Gasteiger partial charge in [-0.25, -0.2) is 0 Å². The van der Waals surface area contributed by atoms with Gasteiger partial charge in [-0.1, -0.05) is 164 Å². The fourth-order valence-electron chi connectivity index (χ4n) is 9.96. The Bertz CT molecular complexity index is 3690. The van der Waals surface area contributed by atoms with Gasteiger partial charge in [0.25, 0.3) is 0 Å². The van der Waals surface area contributed by atoms with E-state index in [1.165, 1.54) is 0 Å². The van der Waals surface area contributed by atoms with Crippen LogP contribution in [-0.4, -0.2) is 24.1 Å². The Kier molecular flexibility index (Phi) is 10.0. The van der Waals surface area contributed by atoms with E-state index in [0.717, 1.165) is 94.4 Å². The summed E-state index contributed by atoms with van der Waals surface area (Å²) in [7, 11) is 0. The van der Waals surface area contributed by atoms with Crippen LogP contribution < -0.4 is 9.80 Å². The van der Waals surface area contributed by atoms with Crippen molar-refractivity contribution in [3.8, 4) is 34.4 Å². The molecular weight excluding hydrogens is 855 g/mol. The van der Waals surface area contributed by atoms with Gasteiger partial charge in [0.15, 0.2) is 5.82 Å². The van der Waals surface area contributed by atoms with Crippen LogP contribution in [0.5, 0.6) is 0 Å². The van der Waals surface area contributed by atoms with Crippen LogP contribution in [0.25, 0.3) is 78.0 Å². The van der Waals surface area contributed by atoms with E-state index in [1.54, 1.807) is 0 Å². The van der Waals surface area contributed by atoms with Crippen LogP contribution in [0.15, 0.2) is 261 Å². The minimum absolute atomic E-state index is 0.524. The number of fused-ring (bicyclic) bond motifs is 6. The highest BCUT2D eigenvalue weighted by Gasteiger charge is 2.23. The van der Waals surface area contributed by atoms with Gasteiger partial charge in [0.05, 0.1) is 22.1 Å². The van der Waals surface area contributed by atoms with Crippen molar-refractivity contribution in [2.24, 2.45) is 0 Å². The molecule has 0 radical (unpaired) electrons. The molecule has 7 heteroatoms. The van der Waals surface area contributed by atoms with E-state index < -0.39 is 0 Å². The van der Waals surface area contributed by atoms with Crippen molar-refractivity contribution in [3.63, 3.8) is 0 Å². The summed E-state index contributed by atoms with van der Waals surface area (Å²) in [6, 6.07) is 91.5. The second-order valence-corrected chi connectivity index (χ2v) is 17.3. The predicted molar refractivity (Wildman–Crippen MR) is 289 cm³/mol. The van der Waals surface area contributed by atoms with E-state index in [-0.39, 0.29) is 0 Å². The molecular formula is C63H43N7. The van der Waals surface area contributed by atoms with Crippen molar-refractivity contribution in [3.05, 3.63) is 261 Å². The second-order valence-electron chi connectivity index (χ2n) is 17.3. The van der Waals surface area contributed by atoms with E-state index >= 15 is 0 Å². The lowest BCUT2D eigenvalue weighted by molar-refractivity contribution is 0.893. The maximum absolute atomic E-state index is 5.50. The zero-order valence-electron chi connectivity index (χ0n) is 38.0. The van der Waals surface area contributed by atoms with E-state index in [4.69, 9.17) is 15.0 Å². The molecule has 0 aliphatic heterocycles. The normalized spacial score (nSPS) is 11.4. The Labute approximate surface area is 405 Å². The predicted octanol–water partition coefficient (Wildman–Crippen LogP) is 16.3. The Morgan fingerprint density at radius 1 is 0.243 bits per heavy atom. The molecule has 0 N–H and O–H groups in total. The summed E-state index contributed by atoms with van der Waals surface area (Å²) in [4.78, 5) is 20.9. The molecule has 0 saturated heterocycles. The number of para-hydroxylation sites is 6. The number of aromatic nitrogens is 5. The Balaban J connectivity index is 1.03. The highest BCUT2D eigenvalue weighted by atomic mass is 15.3. The zero-order valence-corrected chi connectivity index (χ0v) is 38.0. The molecule has 0 aliphatic carbocycles. The number of nitrogens with zero attached hydrogens (tertiary/aromatic N) is 7. The molecule has 13 aromatic rings. The maximum Gasteiger partial charge on any atom is 0.240 e. The molecule has 3 heterocycles. The highest BCUT2D eigenvalue weighted by molar-refractivity contribution is 6.12. The molecule has 0 fully saturated rings. The summed E-state index contributed by atoms with van der Waals surface area (Å²) < 4.78 is 4.39. The molecule has 7 nitrogen and oxygen atoms in total. The molecule has 0 saturated carbocycles. The van der Waals surface area contributed by atoms with Crippen molar-refractivity contribution in [1.29, 1.82) is 0 Å². The van der Waals surface area contributed by atoms with Crippen LogP contribution >= 0.6 is 0 Å². The Morgan fingerprint density at radius 3 is 0.986 bits per heavy atom. The summed E-state index contributed by atoms with van der Waals surface area (Å²) >= 11 is 0. The molecule has 13 rings (SSSR count). The standard InChI is InChI=1S/C63H43N7/c1-6-20-44(21-7-1)45-34-36-46(37-35-45)61-64-62(69-57-32-18-16-30-53(57)55-42-51(38-40-59(55)69)67(47-22-8-2-9-23-47)48-24-10-3-11-25-48)66-63(65-61)70-58-33-19-17-31-54(58)56-43-52(39-41-60(56)70)68(49-26-12-4-13-27-49)50-28-14-5-15-29-50/h1-43H. The molecule has 0 spiro atoms. The van der Waals surface area contributed by atoms with Gasteiger partial charge < -0.3 is 9.80 Å². The third kappa shape index (κ3) is 7.12. The van der Waals surface area contributed by atoms with Gasteiger partial charge in [-0.2, -0.15) is 15.0 Å². The lowest BCUT2D eigenvalue weighted by Crippen LogP contribution is -2.11. The van der Waals surface area contributed by atoms with Gasteiger partial charge >= 0.3 is 0 Å². The van der Waals surface area contributed by atoms with E-state index in [0.29, 0.717) is 17.7 Å². The lowest BCUT2D eigenvalue weighted by Gasteiger charge is -2.25. The molecule has 0 amide bonds. The third-order valence-electron chi connectivity index (χ3n) is 13.1. The smallest absolute Gasteiger partial charge is 0.240 e. The summed E-state index contributed by atoms with van der Waals surface area (Å²) in [6.45, 7) is 0. The number of hydrogen-bond donors (Lipinski definition) is 0. The van der Waals surface area contributed by atoms with Crippen LogP contribution in [0.3, 0.4) is 0 Å². The quantitative estimate of drug-likeness (QED) is 0.137. The van der Waals surface area contributed by atoms with Gasteiger partial charge in [0.1, 0.15) is 0 Å². The Hall–Kier alpha value is -9.59.